The topological polar surface area (TPSA) is 29.3 Å². The monoisotopic (exact) mass is 310 g/mol. The average molecular weight is 311 g/mol. The predicted octanol–water partition coefficient (Wildman–Crippen LogP) is 3.32. The van der Waals surface area contributed by atoms with E-state index in [2.05, 4.69) is 59.8 Å². The van der Waals surface area contributed by atoms with Gasteiger partial charge in [0.25, 0.3) is 0 Å². The molecule has 1 aliphatic heterocycles. The third-order valence-electron chi connectivity index (χ3n) is 4.03. The Labute approximate surface area is 119 Å². The number of aryl methyl sites for hydroxylation is 1. The second-order valence-electron chi connectivity index (χ2n) is 6.18. The minimum Gasteiger partial charge on any atom is -0.327 e. The number of piperidine rings is 1. The van der Waals surface area contributed by atoms with Crippen molar-refractivity contribution in [2.45, 2.75) is 39.8 Å². The molecule has 2 nitrogen and oxygen atoms in total. The molecule has 1 unspecified atom stereocenters. The molecule has 1 aliphatic rings. The Balaban J connectivity index is 2.04. The van der Waals surface area contributed by atoms with Crippen LogP contribution in [0.3, 0.4) is 0 Å². The normalized spacial score (nSPS) is 24.2. The highest BCUT2D eigenvalue weighted by Gasteiger charge is 2.33. The first-order chi connectivity index (χ1) is 8.38. The van der Waals surface area contributed by atoms with Crippen LogP contribution in [0.2, 0.25) is 0 Å². The van der Waals surface area contributed by atoms with E-state index in [0.29, 0.717) is 6.04 Å². The summed E-state index contributed by atoms with van der Waals surface area (Å²) in [7, 11) is 0. The summed E-state index contributed by atoms with van der Waals surface area (Å²) in [5.74, 6) is 0. The average Bonchev–Trinajstić information content (AvgIpc) is 2.28. The summed E-state index contributed by atoms with van der Waals surface area (Å²) in [4.78, 5) is 2.51. The SMILES string of the molecule is Cc1ccc(CN2CCC(N)C(C)(C)C2)cc1Br. The van der Waals surface area contributed by atoms with Crippen LogP contribution in [0.4, 0.5) is 0 Å². The summed E-state index contributed by atoms with van der Waals surface area (Å²) >= 11 is 3.60. The van der Waals surface area contributed by atoms with Gasteiger partial charge in [0.15, 0.2) is 0 Å². The molecule has 0 bridgehead atoms. The summed E-state index contributed by atoms with van der Waals surface area (Å²) < 4.78 is 1.20. The van der Waals surface area contributed by atoms with E-state index in [4.69, 9.17) is 5.73 Å². The molecule has 1 aromatic carbocycles. The minimum absolute atomic E-state index is 0.222. The van der Waals surface area contributed by atoms with Crippen molar-refractivity contribution < 1.29 is 0 Å². The van der Waals surface area contributed by atoms with Crippen LogP contribution in [-0.4, -0.2) is 24.0 Å². The number of likely N-dealkylation sites (tertiary alicyclic amines) is 1. The standard InChI is InChI=1S/C15H23BrN2/c1-11-4-5-12(8-13(11)16)9-18-7-6-14(17)15(2,3)10-18/h4-5,8,14H,6-7,9-10,17H2,1-3H3. The summed E-state index contributed by atoms with van der Waals surface area (Å²) in [5.41, 5.74) is 9.07. The highest BCUT2D eigenvalue weighted by Crippen LogP contribution is 2.29. The number of halogens is 1. The number of hydrogen-bond acceptors (Lipinski definition) is 2. The number of nitrogens with zero attached hydrogens (tertiary/aromatic N) is 1. The first kappa shape index (κ1) is 14.0. The molecule has 3 heteroatoms. The fourth-order valence-electron chi connectivity index (χ4n) is 2.61. The van der Waals surface area contributed by atoms with E-state index in [1.54, 1.807) is 0 Å². The van der Waals surface area contributed by atoms with E-state index in [9.17, 15) is 0 Å². The maximum absolute atomic E-state index is 6.18. The van der Waals surface area contributed by atoms with Crippen molar-refractivity contribution in [3.05, 3.63) is 33.8 Å². The van der Waals surface area contributed by atoms with Gasteiger partial charge in [0.1, 0.15) is 0 Å². The summed E-state index contributed by atoms with van der Waals surface area (Å²) in [6, 6.07) is 6.97. The molecule has 1 atom stereocenters. The van der Waals surface area contributed by atoms with Crippen LogP contribution in [0.1, 0.15) is 31.4 Å². The van der Waals surface area contributed by atoms with Gasteiger partial charge in [-0.1, -0.05) is 41.9 Å². The predicted molar refractivity (Wildman–Crippen MR) is 80.5 cm³/mol. The van der Waals surface area contributed by atoms with E-state index in [0.717, 1.165) is 26.1 Å². The van der Waals surface area contributed by atoms with Crippen molar-refractivity contribution in [3.63, 3.8) is 0 Å². The largest absolute Gasteiger partial charge is 0.327 e. The number of nitrogens with two attached hydrogens (primary N) is 1. The van der Waals surface area contributed by atoms with Crippen LogP contribution in [-0.2, 0) is 6.54 Å². The molecule has 1 saturated heterocycles. The van der Waals surface area contributed by atoms with Crippen molar-refractivity contribution in [1.82, 2.24) is 4.90 Å². The van der Waals surface area contributed by atoms with Gasteiger partial charge in [-0.15, -0.1) is 0 Å². The lowest BCUT2D eigenvalue weighted by Crippen LogP contribution is -2.52. The number of rotatable bonds is 2. The minimum atomic E-state index is 0.222. The van der Waals surface area contributed by atoms with Crippen molar-refractivity contribution in [2.24, 2.45) is 11.1 Å². The van der Waals surface area contributed by atoms with Gasteiger partial charge in [0, 0.05) is 30.1 Å². The van der Waals surface area contributed by atoms with Crippen LogP contribution in [0.5, 0.6) is 0 Å². The molecule has 1 aromatic rings. The van der Waals surface area contributed by atoms with Crippen LogP contribution in [0, 0.1) is 12.3 Å². The zero-order chi connectivity index (χ0) is 13.3. The van der Waals surface area contributed by atoms with E-state index >= 15 is 0 Å². The van der Waals surface area contributed by atoms with Crippen molar-refractivity contribution in [1.29, 1.82) is 0 Å². The Hall–Kier alpha value is -0.380. The lowest BCUT2D eigenvalue weighted by atomic mass is 9.79. The zero-order valence-electron chi connectivity index (χ0n) is 11.5. The molecular weight excluding hydrogens is 288 g/mol. The third kappa shape index (κ3) is 3.14. The number of hydrogen-bond donors (Lipinski definition) is 1. The van der Waals surface area contributed by atoms with Gasteiger partial charge in [-0.05, 0) is 36.0 Å². The lowest BCUT2D eigenvalue weighted by molar-refractivity contribution is 0.0899. The Bertz CT molecular complexity index is 429. The van der Waals surface area contributed by atoms with Crippen LogP contribution < -0.4 is 5.73 Å². The highest BCUT2D eigenvalue weighted by molar-refractivity contribution is 9.10. The Kier molecular flexibility index (Phi) is 4.15. The molecular formula is C15H23BrN2. The lowest BCUT2D eigenvalue weighted by Gasteiger charge is -2.42. The van der Waals surface area contributed by atoms with Gasteiger partial charge >= 0.3 is 0 Å². The van der Waals surface area contributed by atoms with E-state index in [1.165, 1.54) is 15.6 Å². The van der Waals surface area contributed by atoms with Crippen LogP contribution in [0.15, 0.2) is 22.7 Å². The molecule has 2 N–H and O–H groups in total. The van der Waals surface area contributed by atoms with Crippen LogP contribution in [0.25, 0.3) is 0 Å². The third-order valence-corrected chi connectivity index (χ3v) is 4.89. The summed E-state index contributed by atoms with van der Waals surface area (Å²) in [5, 5.41) is 0. The maximum atomic E-state index is 6.18. The molecule has 0 spiro atoms. The molecule has 0 radical (unpaired) electrons. The molecule has 0 aromatic heterocycles. The zero-order valence-corrected chi connectivity index (χ0v) is 13.1. The summed E-state index contributed by atoms with van der Waals surface area (Å²) in [6.45, 7) is 9.88. The Morgan fingerprint density at radius 1 is 1.44 bits per heavy atom. The molecule has 0 aliphatic carbocycles. The molecule has 18 heavy (non-hydrogen) atoms. The quantitative estimate of drug-likeness (QED) is 0.908. The summed E-state index contributed by atoms with van der Waals surface area (Å²) in [6.07, 6.45) is 1.10. The van der Waals surface area contributed by atoms with Gasteiger partial charge in [-0.25, -0.2) is 0 Å². The Morgan fingerprint density at radius 3 is 2.78 bits per heavy atom. The number of benzene rings is 1. The van der Waals surface area contributed by atoms with Gasteiger partial charge in [-0.2, -0.15) is 0 Å². The van der Waals surface area contributed by atoms with E-state index < -0.39 is 0 Å². The highest BCUT2D eigenvalue weighted by atomic mass is 79.9. The van der Waals surface area contributed by atoms with Gasteiger partial charge in [-0.3, -0.25) is 4.90 Å². The second-order valence-corrected chi connectivity index (χ2v) is 7.03. The fourth-order valence-corrected chi connectivity index (χ4v) is 3.04. The van der Waals surface area contributed by atoms with E-state index in [1.807, 2.05) is 0 Å². The van der Waals surface area contributed by atoms with E-state index in [-0.39, 0.29) is 5.41 Å². The van der Waals surface area contributed by atoms with Crippen molar-refractivity contribution >= 4 is 15.9 Å². The molecule has 100 valence electrons. The first-order valence-corrected chi connectivity index (χ1v) is 7.41. The van der Waals surface area contributed by atoms with Crippen molar-refractivity contribution in [3.8, 4) is 0 Å². The first-order valence-electron chi connectivity index (χ1n) is 6.61. The van der Waals surface area contributed by atoms with Gasteiger partial charge in [0.05, 0.1) is 0 Å². The molecule has 2 rings (SSSR count). The maximum Gasteiger partial charge on any atom is 0.0234 e. The van der Waals surface area contributed by atoms with Crippen LogP contribution >= 0.6 is 15.9 Å². The Morgan fingerprint density at radius 2 is 2.17 bits per heavy atom. The molecule has 0 saturated carbocycles. The fraction of sp³-hybridized carbons (Fsp3) is 0.600. The molecule has 1 fully saturated rings. The molecule has 0 amide bonds. The smallest absolute Gasteiger partial charge is 0.0234 e. The second kappa shape index (κ2) is 5.32. The van der Waals surface area contributed by atoms with Gasteiger partial charge in [0.2, 0.25) is 0 Å². The molecule has 1 heterocycles. The van der Waals surface area contributed by atoms with Crippen molar-refractivity contribution in [2.75, 3.05) is 13.1 Å². The van der Waals surface area contributed by atoms with Gasteiger partial charge < -0.3 is 5.73 Å².